The molecule has 0 bridgehead atoms. The Hall–Kier alpha value is -4.35. The van der Waals surface area contributed by atoms with Gasteiger partial charge in [-0.1, -0.05) is 96.6 Å². The molecule has 0 radical (unpaired) electrons. The van der Waals surface area contributed by atoms with Gasteiger partial charge in [-0.05, 0) is 22.9 Å². The van der Waals surface area contributed by atoms with Crippen molar-refractivity contribution in [1.82, 2.24) is 19.9 Å². The number of ether oxygens (including phenoxy) is 1. The van der Waals surface area contributed by atoms with E-state index in [1.54, 1.807) is 6.07 Å². The second-order valence-electron chi connectivity index (χ2n) is 8.82. The van der Waals surface area contributed by atoms with Crippen LogP contribution < -0.4 is 4.74 Å². The van der Waals surface area contributed by atoms with Crippen LogP contribution in [0.3, 0.4) is 0 Å². The minimum absolute atomic E-state index is 0.0193. The van der Waals surface area contributed by atoms with Crippen LogP contribution in [0.4, 0.5) is 0 Å². The van der Waals surface area contributed by atoms with Crippen molar-refractivity contribution < 1.29 is 4.74 Å². The van der Waals surface area contributed by atoms with Crippen LogP contribution in [0.1, 0.15) is 11.5 Å². The Morgan fingerprint density at radius 3 is 2.22 bits per heavy atom. The quantitative estimate of drug-likeness (QED) is 0.256. The highest BCUT2D eigenvalue weighted by atomic mass is 35.5. The van der Waals surface area contributed by atoms with E-state index in [4.69, 9.17) is 36.3 Å². The van der Waals surface area contributed by atoms with Crippen LogP contribution in [-0.4, -0.2) is 26.0 Å². The van der Waals surface area contributed by atoms with E-state index in [-0.39, 0.29) is 12.0 Å². The Balaban J connectivity index is 1.46. The van der Waals surface area contributed by atoms with Crippen molar-refractivity contribution in [2.75, 3.05) is 0 Å². The molecule has 0 saturated heterocycles. The second kappa shape index (κ2) is 8.40. The van der Waals surface area contributed by atoms with E-state index in [0.717, 1.165) is 27.5 Å². The molecule has 7 rings (SSSR count). The fraction of sp³-hybridized carbons (Fsp3) is 0.0667. The van der Waals surface area contributed by atoms with E-state index in [0.29, 0.717) is 34.1 Å². The third kappa shape index (κ3) is 3.56. The fourth-order valence-electron chi connectivity index (χ4n) is 4.85. The topological polar surface area (TPSA) is 60.8 Å². The predicted molar refractivity (Wildman–Crippen MR) is 142 cm³/mol. The highest BCUT2D eigenvalue weighted by molar-refractivity contribution is 6.29. The summed E-state index contributed by atoms with van der Waals surface area (Å²) >= 11 is 6.46. The highest BCUT2D eigenvalue weighted by Gasteiger charge is 2.36. The van der Waals surface area contributed by atoms with Gasteiger partial charge in [0.15, 0.2) is 17.5 Å². The Morgan fingerprint density at radius 2 is 1.36 bits per heavy atom. The van der Waals surface area contributed by atoms with E-state index >= 15 is 0 Å². The van der Waals surface area contributed by atoms with Crippen molar-refractivity contribution in [3.05, 3.63) is 114 Å². The number of pyridine rings is 1. The number of fused-ring (bicyclic) bond motifs is 4. The molecule has 2 unspecified atom stereocenters. The van der Waals surface area contributed by atoms with Crippen LogP contribution in [-0.2, 0) is 0 Å². The van der Waals surface area contributed by atoms with Gasteiger partial charge in [-0.2, -0.15) is 0 Å². The number of allylic oxidation sites excluding steroid dienone is 2. The second-order valence-corrected chi connectivity index (χ2v) is 9.20. The summed E-state index contributed by atoms with van der Waals surface area (Å²) in [7, 11) is 0. The maximum Gasteiger partial charge on any atom is 0.182 e. The third-order valence-electron chi connectivity index (χ3n) is 6.56. The number of benzene rings is 3. The fourth-order valence-corrected chi connectivity index (χ4v) is 5.04. The van der Waals surface area contributed by atoms with Gasteiger partial charge in [0.2, 0.25) is 0 Å². The monoisotopic (exact) mass is 486 g/mol. The molecule has 0 saturated carbocycles. The Kier molecular flexibility index (Phi) is 4.89. The molecule has 2 atom stereocenters. The van der Waals surface area contributed by atoms with Crippen LogP contribution in [0.2, 0.25) is 5.15 Å². The zero-order valence-corrected chi connectivity index (χ0v) is 19.8. The maximum atomic E-state index is 6.46. The Bertz CT molecular complexity index is 1700. The van der Waals surface area contributed by atoms with E-state index < -0.39 is 0 Å². The lowest BCUT2D eigenvalue weighted by atomic mass is 9.90. The van der Waals surface area contributed by atoms with Gasteiger partial charge in [0.1, 0.15) is 22.7 Å². The van der Waals surface area contributed by atoms with Crippen LogP contribution in [0.5, 0.6) is 5.75 Å². The van der Waals surface area contributed by atoms with Crippen molar-refractivity contribution in [1.29, 1.82) is 0 Å². The summed E-state index contributed by atoms with van der Waals surface area (Å²) in [5, 5.41) is 2.62. The smallest absolute Gasteiger partial charge is 0.182 e. The maximum absolute atomic E-state index is 6.46. The average molecular weight is 487 g/mol. The molecule has 5 aromatic rings. The molecule has 0 N–H and O–H groups in total. The summed E-state index contributed by atoms with van der Waals surface area (Å²) in [6.45, 7) is 0. The first-order chi connectivity index (χ1) is 17.7. The predicted octanol–water partition coefficient (Wildman–Crippen LogP) is 7.04. The van der Waals surface area contributed by atoms with E-state index in [1.165, 1.54) is 0 Å². The van der Waals surface area contributed by atoms with Gasteiger partial charge in [-0.15, -0.1) is 0 Å². The van der Waals surface area contributed by atoms with E-state index in [1.807, 2.05) is 66.8 Å². The molecule has 6 heteroatoms. The lowest BCUT2D eigenvalue weighted by Gasteiger charge is -2.15. The van der Waals surface area contributed by atoms with Gasteiger partial charge in [0.25, 0.3) is 0 Å². The molecule has 172 valence electrons. The van der Waals surface area contributed by atoms with Crippen LogP contribution >= 0.6 is 11.6 Å². The van der Waals surface area contributed by atoms with Crippen LogP contribution in [0, 0.1) is 0 Å². The number of rotatable bonds is 3. The molecule has 2 aromatic heterocycles. The average Bonchev–Trinajstić information content (AvgIpc) is 3.30. The number of hydrogen-bond acceptors (Lipinski definition) is 5. The lowest BCUT2D eigenvalue weighted by molar-refractivity contribution is 0.269. The largest absolute Gasteiger partial charge is 0.485 e. The molecular weight excluding hydrogens is 468 g/mol. The Labute approximate surface area is 212 Å². The molecule has 3 aromatic carbocycles. The van der Waals surface area contributed by atoms with Gasteiger partial charge in [-0.25, -0.2) is 19.9 Å². The van der Waals surface area contributed by atoms with Gasteiger partial charge >= 0.3 is 0 Å². The summed E-state index contributed by atoms with van der Waals surface area (Å²) in [6.07, 6.45) is 8.10. The molecule has 0 fully saturated rings. The first-order valence-electron chi connectivity index (χ1n) is 11.8. The summed E-state index contributed by atoms with van der Waals surface area (Å²) in [5.74, 6) is 2.36. The summed E-state index contributed by atoms with van der Waals surface area (Å²) in [5.41, 5.74) is 3.37. The zero-order valence-electron chi connectivity index (χ0n) is 19.0. The van der Waals surface area contributed by atoms with Crippen LogP contribution in [0.25, 0.3) is 45.1 Å². The molecule has 5 nitrogen and oxygen atoms in total. The van der Waals surface area contributed by atoms with E-state index in [2.05, 4.69) is 30.3 Å². The van der Waals surface area contributed by atoms with Gasteiger partial charge in [-0.3, -0.25) is 0 Å². The lowest BCUT2D eigenvalue weighted by Crippen LogP contribution is -2.16. The molecular formula is C30H19ClN4O. The number of halogens is 1. The molecule has 0 amide bonds. The van der Waals surface area contributed by atoms with Gasteiger partial charge in [0.05, 0.1) is 0 Å². The molecule has 1 aliphatic carbocycles. The van der Waals surface area contributed by atoms with Crippen LogP contribution in [0.15, 0.2) is 103 Å². The van der Waals surface area contributed by atoms with Crippen molar-refractivity contribution in [2.24, 2.45) is 0 Å². The van der Waals surface area contributed by atoms with Crippen molar-refractivity contribution in [3.8, 4) is 40.0 Å². The van der Waals surface area contributed by atoms with Crippen molar-refractivity contribution in [3.63, 3.8) is 0 Å². The van der Waals surface area contributed by atoms with Crippen molar-refractivity contribution in [2.45, 2.75) is 12.0 Å². The minimum Gasteiger partial charge on any atom is -0.485 e. The van der Waals surface area contributed by atoms with E-state index in [9.17, 15) is 0 Å². The summed E-state index contributed by atoms with van der Waals surface area (Å²) in [4.78, 5) is 19.4. The first-order valence-corrected chi connectivity index (χ1v) is 12.1. The number of aromatic nitrogens is 4. The zero-order chi connectivity index (χ0) is 24.1. The SMILES string of the molecule is Clc1cc2c(c(-c3nc(-c4ccccc4)nc(-c4ccc5ccccc5c4)n3)n1)C1C=CC=CC1O2. The molecule has 2 aliphatic rings. The molecule has 3 heterocycles. The molecule has 36 heavy (non-hydrogen) atoms. The van der Waals surface area contributed by atoms with Crippen molar-refractivity contribution >= 4 is 22.4 Å². The minimum atomic E-state index is -0.0978. The normalized spacial score (nSPS) is 17.6. The standard InChI is InChI=1S/C30H19ClN4O/c31-25-17-24-26(22-12-6-7-13-23(22)36-24)27(32-25)30-34-28(19-9-2-1-3-10-19)33-29(35-30)21-15-14-18-8-4-5-11-20(18)16-21/h1-17,22-23H. The highest BCUT2D eigenvalue weighted by Crippen LogP contribution is 2.46. The summed E-state index contributed by atoms with van der Waals surface area (Å²) in [6, 6.07) is 26.2. The molecule has 0 spiro atoms. The number of nitrogens with zero attached hydrogens (tertiary/aromatic N) is 4. The summed E-state index contributed by atoms with van der Waals surface area (Å²) < 4.78 is 6.20. The Morgan fingerprint density at radius 1 is 0.639 bits per heavy atom. The first kappa shape index (κ1) is 21.0. The number of hydrogen-bond donors (Lipinski definition) is 0. The molecule has 1 aliphatic heterocycles. The van der Waals surface area contributed by atoms with Gasteiger partial charge < -0.3 is 4.74 Å². The third-order valence-corrected chi connectivity index (χ3v) is 6.75. The van der Waals surface area contributed by atoms with Gasteiger partial charge in [0, 0.05) is 28.7 Å².